The second-order valence-corrected chi connectivity index (χ2v) is 5.70. The van der Waals surface area contributed by atoms with Gasteiger partial charge in [0, 0.05) is 38.4 Å². The van der Waals surface area contributed by atoms with Crippen molar-refractivity contribution in [1.82, 2.24) is 13.9 Å². The number of rotatable bonds is 3. The molecule has 0 spiro atoms. The van der Waals surface area contributed by atoms with Gasteiger partial charge in [0.05, 0.1) is 0 Å². The molecule has 1 aromatic heterocycles. The summed E-state index contributed by atoms with van der Waals surface area (Å²) in [5.74, 6) is -0.185. The molecule has 0 aromatic carbocycles. The molecule has 16 heavy (non-hydrogen) atoms. The summed E-state index contributed by atoms with van der Waals surface area (Å²) in [7, 11) is -1.91. The lowest BCUT2D eigenvalue weighted by Crippen LogP contribution is -2.30. The van der Waals surface area contributed by atoms with E-state index in [-0.39, 0.29) is 17.6 Å². The molecule has 1 atom stereocenters. The maximum Gasteiger partial charge on any atom is 0.277 e. The van der Waals surface area contributed by atoms with Gasteiger partial charge in [0.1, 0.15) is 6.29 Å². The van der Waals surface area contributed by atoms with Crippen LogP contribution in [0.1, 0.15) is 6.42 Å². The molecule has 1 saturated heterocycles. The van der Waals surface area contributed by atoms with Crippen LogP contribution in [-0.4, -0.2) is 41.6 Å². The summed E-state index contributed by atoms with van der Waals surface area (Å²) in [6.45, 7) is 0.650. The number of imidazole rings is 1. The topological polar surface area (TPSA) is 72.3 Å². The summed E-state index contributed by atoms with van der Waals surface area (Å²) in [4.78, 5) is 14.4. The molecule has 0 radical (unpaired) electrons. The minimum Gasteiger partial charge on any atom is -0.324 e. The van der Waals surface area contributed by atoms with E-state index in [1.54, 1.807) is 13.2 Å². The number of carbonyl (C=O) groups is 1. The summed E-state index contributed by atoms with van der Waals surface area (Å²) in [6, 6.07) is 0. The zero-order valence-corrected chi connectivity index (χ0v) is 9.72. The Morgan fingerprint density at radius 2 is 2.31 bits per heavy atom. The minimum atomic E-state index is -3.54. The van der Waals surface area contributed by atoms with E-state index in [0.29, 0.717) is 13.0 Å². The SMILES string of the molecule is Cn1ccnc1S(=O)(=O)N1CCC(C=O)C1. The van der Waals surface area contributed by atoms with Crippen LogP contribution in [0.3, 0.4) is 0 Å². The Bertz CT molecular complexity index is 494. The predicted octanol–water partition coefficient (Wildman–Crippen LogP) is -0.370. The van der Waals surface area contributed by atoms with E-state index in [1.807, 2.05) is 0 Å². The van der Waals surface area contributed by atoms with Crippen LogP contribution in [0.2, 0.25) is 0 Å². The standard InChI is InChI=1S/C9H13N3O3S/c1-11-5-3-10-9(11)16(14,15)12-4-2-8(6-12)7-13/h3,5,7-8H,2,4,6H2,1H3. The maximum atomic E-state index is 12.1. The average molecular weight is 243 g/mol. The molecular formula is C9H13N3O3S. The monoisotopic (exact) mass is 243 g/mol. The average Bonchev–Trinajstić information content (AvgIpc) is 2.85. The fraction of sp³-hybridized carbons (Fsp3) is 0.556. The van der Waals surface area contributed by atoms with Gasteiger partial charge < -0.3 is 9.36 Å². The number of hydrogen-bond donors (Lipinski definition) is 0. The molecule has 1 aliphatic rings. The van der Waals surface area contributed by atoms with E-state index in [0.717, 1.165) is 6.29 Å². The Hall–Kier alpha value is -1.21. The quantitative estimate of drug-likeness (QED) is 0.679. The molecule has 1 unspecified atom stereocenters. The van der Waals surface area contributed by atoms with E-state index in [2.05, 4.69) is 4.98 Å². The van der Waals surface area contributed by atoms with Gasteiger partial charge >= 0.3 is 0 Å². The van der Waals surface area contributed by atoms with Crippen LogP contribution in [0.25, 0.3) is 0 Å². The first-order valence-corrected chi connectivity index (χ1v) is 6.42. The Balaban J connectivity index is 2.28. The zero-order valence-electron chi connectivity index (χ0n) is 8.91. The molecule has 0 bridgehead atoms. The summed E-state index contributed by atoms with van der Waals surface area (Å²) < 4.78 is 27.0. The summed E-state index contributed by atoms with van der Waals surface area (Å²) >= 11 is 0. The molecule has 1 fully saturated rings. The molecule has 88 valence electrons. The molecule has 0 N–H and O–H groups in total. The number of hydrogen-bond acceptors (Lipinski definition) is 4. The van der Waals surface area contributed by atoms with Crippen LogP contribution < -0.4 is 0 Å². The molecule has 0 aliphatic carbocycles. The maximum absolute atomic E-state index is 12.1. The third-order valence-electron chi connectivity index (χ3n) is 2.73. The van der Waals surface area contributed by atoms with E-state index in [9.17, 15) is 13.2 Å². The van der Waals surface area contributed by atoms with Gasteiger partial charge in [-0.05, 0) is 6.42 Å². The number of aromatic nitrogens is 2. The van der Waals surface area contributed by atoms with Crippen LogP contribution in [0, 0.1) is 5.92 Å². The second kappa shape index (κ2) is 3.99. The number of aldehydes is 1. The van der Waals surface area contributed by atoms with E-state index < -0.39 is 10.0 Å². The van der Waals surface area contributed by atoms with Crippen molar-refractivity contribution < 1.29 is 13.2 Å². The molecule has 2 heterocycles. The molecule has 1 aromatic rings. The first kappa shape index (κ1) is 11.3. The lowest BCUT2D eigenvalue weighted by Gasteiger charge is -2.14. The fourth-order valence-corrected chi connectivity index (χ4v) is 3.38. The first-order valence-electron chi connectivity index (χ1n) is 4.98. The summed E-state index contributed by atoms with van der Waals surface area (Å²) in [5, 5.41) is 0.0269. The van der Waals surface area contributed by atoms with E-state index in [4.69, 9.17) is 0 Å². The van der Waals surface area contributed by atoms with Crippen molar-refractivity contribution in [2.45, 2.75) is 11.6 Å². The first-order chi connectivity index (χ1) is 7.55. The smallest absolute Gasteiger partial charge is 0.277 e. The van der Waals surface area contributed by atoms with Gasteiger partial charge in [0.2, 0.25) is 5.16 Å². The molecule has 0 amide bonds. The van der Waals surface area contributed by atoms with Crippen molar-refractivity contribution in [3.05, 3.63) is 12.4 Å². The molecule has 0 saturated carbocycles. The van der Waals surface area contributed by atoms with Gasteiger partial charge in [-0.1, -0.05) is 0 Å². The highest BCUT2D eigenvalue weighted by Crippen LogP contribution is 2.21. The Morgan fingerprint density at radius 1 is 1.56 bits per heavy atom. The van der Waals surface area contributed by atoms with Gasteiger partial charge in [0.25, 0.3) is 10.0 Å². The van der Waals surface area contributed by atoms with Crippen molar-refractivity contribution in [3.63, 3.8) is 0 Å². The highest BCUT2D eigenvalue weighted by Gasteiger charge is 2.34. The number of nitrogens with zero attached hydrogens (tertiary/aromatic N) is 3. The Labute approximate surface area is 93.9 Å². The highest BCUT2D eigenvalue weighted by atomic mass is 32.2. The summed E-state index contributed by atoms with van der Waals surface area (Å²) in [5.41, 5.74) is 0. The normalized spacial score (nSPS) is 22.4. The predicted molar refractivity (Wildman–Crippen MR) is 56.1 cm³/mol. The third kappa shape index (κ3) is 1.76. The molecule has 1 aliphatic heterocycles. The second-order valence-electron chi connectivity index (χ2n) is 3.87. The van der Waals surface area contributed by atoms with Crippen molar-refractivity contribution >= 4 is 16.3 Å². The van der Waals surface area contributed by atoms with Gasteiger partial charge in [0.15, 0.2) is 0 Å². The third-order valence-corrected chi connectivity index (χ3v) is 4.59. The van der Waals surface area contributed by atoms with Crippen LogP contribution in [-0.2, 0) is 21.9 Å². The molecular weight excluding hydrogens is 230 g/mol. The van der Waals surface area contributed by atoms with Crippen molar-refractivity contribution in [2.24, 2.45) is 13.0 Å². The van der Waals surface area contributed by atoms with Gasteiger partial charge in [-0.2, -0.15) is 4.31 Å². The van der Waals surface area contributed by atoms with Gasteiger partial charge in [-0.3, -0.25) is 0 Å². The lowest BCUT2D eigenvalue weighted by atomic mass is 10.2. The van der Waals surface area contributed by atoms with Crippen LogP contribution in [0.5, 0.6) is 0 Å². The van der Waals surface area contributed by atoms with Crippen LogP contribution in [0.4, 0.5) is 0 Å². The highest BCUT2D eigenvalue weighted by molar-refractivity contribution is 7.89. The van der Waals surface area contributed by atoms with Crippen molar-refractivity contribution in [2.75, 3.05) is 13.1 Å². The molecule has 2 rings (SSSR count). The van der Waals surface area contributed by atoms with E-state index in [1.165, 1.54) is 15.1 Å². The molecule has 6 nitrogen and oxygen atoms in total. The minimum absolute atomic E-state index is 0.0269. The Kier molecular flexibility index (Phi) is 2.81. The van der Waals surface area contributed by atoms with E-state index >= 15 is 0 Å². The van der Waals surface area contributed by atoms with Gasteiger partial charge in [-0.25, -0.2) is 13.4 Å². The molecule has 7 heteroatoms. The fourth-order valence-electron chi connectivity index (χ4n) is 1.80. The lowest BCUT2D eigenvalue weighted by molar-refractivity contribution is -0.110. The van der Waals surface area contributed by atoms with Crippen molar-refractivity contribution in [3.8, 4) is 0 Å². The largest absolute Gasteiger partial charge is 0.324 e. The number of sulfonamides is 1. The van der Waals surface area contributed by atoms with Crippen LogP contribution >= 0.6 is 0 Å². The van der Waals surface area contributed by atoms with Crippen molar-refractivity contribution in [1.29, 1.82) is 0 Å². The number of carbonyl (C=O) groups excluding carboxylic acids is 1. The van der Waals surface area contributed by atoms with Crippen LogP contribution in [0.15, 0.2) is 17.6 Å². The summed E-state index contributed by atoms with van der Waals surface area (Å²) in [6.07, 6.45) is 4.43. The Morgan fingerprint density at radius 3 is 2.81 bits per heavy atom. The van der Waals surface area contributed by atoms with Gasteiger partial charge in [-0.15, -0.1) is 0 Å². The number of aryl methyl sites for hydroxylation is 1. The zero-order chi connectivity index (χ0) is 11.8.